The summed E-state index contributed by atoms with van der Waals surface area (Å²) in [4.78, 5) is 44.7. The topological polar surface area (TPSA) is 98.5 Å². The van der Waals surface area contributed by atoms with Gasteiger partial charge in [-0.1, -0.05) is 43.1 Å². The first-order valence-corrected chi connectivity index (χ1v) is 16.1. The van der Waals surface area contributed by atoms with E-state index in [2.05, 4.69) is 6.92 Å². The second-order valence-corrected chi connectivity index (χ2v) is 12.2. The molecule has 1 fully saturated rings. The van der Waals surface area contributed by atoms with Crippen molar-refractivity contribution < 1.29 is 28.2 Å². The number of hydrogen-bond donors (Lipinski definition) is 0. The molecule has 0 N–H and O–H groups in total. The van der Waals surface area contributed by atoms with Crippen LogP contribution in [-0.2, 0) is 29.0 Å². The Bertz CT molecular complexity index is 1760. The lowest BCUT2D eigenvalue weighted by atomic mass is 10.1. The predicted molar refractivity (Wildman–Crippen MR) is 174 cm³/mol. The highest BCUT2D eigenvalue weighted by Gasteiger charge is 2.28. The van der Waals surface area contributed by atoms with E-state index in [9.17, 15) is 14.4 Å². The number of fused-ring (bicyclic) bond motifs is 2. The van der Waals surface area contributed by atoms with Crippen LogP contribution in [0.15, 0.2) is 76.1 Å². The Kier molecular flexibility index (Phi) is 9.90. The highest BCUT2D eigenvalue weighted by molar-refractivity contribution is 6.31. The zero-order valence-corrected chi connectivity index (χ0v) is 26.6. The van der Waals surface area contributed by atoms with Crippen LogP contribution in [0.3, 0.4) is 0 Å². The molecule has 0 aliphatic carbocycles. The molecule has 0 spiro atoms. The van der Waals surface area contributed by atoms with Crippen molar-refractivity contribution in [3.8, 4) is 11.5 Å². The maximum Gasteiger partial charge on any atom is 0.254 e. The Morgan fingerprint density at radius 3 is 2.52 bits per heavy atom. The fraction of sp³-hybridized carbons (Fsp3) is 0.361. The van der Waals surface area contributed by atoms with Gasteiger partial charge in [-0.2, -0.15) is 0 Å². The average Bonchev–Trinajstić information content (AvgIpc) is 3.76. The summed E-state index contributed by atoms with van der Waals surface area (Å²) in [6.07, 6.45) is 6.07. The van der Waals surface area contributed by atoms with Gasteiger partial charge in [0.2, 0.25) is 12.7 Å². The molecule has 0 bridgehead atoms. The number of ether oxygens (including phenoxy) is 3. The van der Waals surface area contributed by atoms with Gasteiger partial charge in [-0.25, -0.2) is 0 Å². The Morgan fingerprint density at radius 1 is 0.935 bits per heavy atom. The molecule has 3 heterocycles. The number of nitrogens with zero attached hydrogens (tertiary/aromatic N) is 2. The fourth-order valence-corrected chi connectivity index (χ4v) is 6.02. The molecule has 1 unspecified atom stereocenters. The van der Waals surface area contributed by atoms with Gasteiger partial charge in [0.05, 0.1) is 29.9 Å². The summed E-state index contributed by atoms with van der Waals surface area (Å²) >= 11 is 6.18. The van der Waals surface area contributed by atoms with Crippen molar-refractivity contribution in [1.29, 1.82) is 0 Å². The summed E-state index contributed by atoms with van der Waals surface area (Å²) in [6.45, 7) is 3.13. The van der Waals surface area contributed by atoms with E-state index in [1.807, 2.05) is 36.4 Å². The molecule has 6 rings (SSSR count). The quantitative estimate of drug-likeness (QED) is 0.177. The standard InChI is InChI=1S/C36H37ClN2O7/c1-2-3-5-24-7-10-26(11-8-24)36(42)39(20-29-6-4-15-43-29)21-34(40)38(18-25-9-13-32-33(16-25)46-23-45-32)19-27-22-44-31-14-12-28(37)17-30(31)35(27)41/h7-14,16-17,22,29H,2-6,15,18-21,23H2,1H3. The van der Waals surface area contributed by atoms with Crippen LogP contribution in [0.5, 0.6) is 11.5 Å². The number of amides is 2. The smallest absolute Gasteiger partial charge is 0.254 e. The summed E-state index contributed by atoms with van der Waals surface area (Å²) in [7, 11) is 0. The van der Waals surface area contributed by atoms with Gasteiger partial charge in [0.1, 0.15) is 12.1 Å². The number of carbonyl (C=O) groups excluding carboxylic acids is 2. The van der Waals surface area contributed by atoms with Gasteiger partial charge in [-0.15, -0.1) is 0 Å². The third-order valence-corrected chi connectivity index (χ3v) is 8.65. The van der Waals surface area contributed by atoms with E-state index in [-0.39, 0.29) is 56.3 Å². The molecule has 1 saturated heterocycles. The van der Waals surface area contributed by atoms with Crippen LogP contribution in [0.4, 0.5) is 0 Å². The lowest BCUT2D eigenvalue weighted by Crippen LogP contribution is -2.45. The van der Waals surface area contributed by atoms with Crippen molar-refractivity contribution in [3.63, 3.8) is 0 Å². The molecule has 9 nitrogen and oxygen atoms in total. The van der Waals surface area contributed by atoms with E-state index in [1.165, 1.54) is 11.8 Å². The molecule has 0 radical (unpaired) electrons. The van der Waals surface area contributed by atoms with Gasteiger partial charge in [-0.05, 0) is 79.3 Å². The Hall–Kier alpha value is -4.34. The Labute approximate surface area is 272 Å². The molecule has 2 aliphatic heterocycles. The van der Waals surface area contributed by atoms with Gasteiger partial charge < -0.3 is 28.4 Å². The van der Waals surface area contributed by atoms with Crippen molar-refractivity contribution in [3.05, 3.63) is 104 Å². The number of benzene rings is 3. The minimum Gasteiger partial charge on any atom is -0.464 e. The number of carbonyl (C=O) groups is 2. The number of hydrogen-bond acceptors (Lipinski definition) is 7. The SMILES string of the molecule is CCCCc1ccc(C(=O)N(CC(=O)N(Cc2ccc3c(c2)OCO3)Cc2coc3ccc(Cl)cc3c2=O)CC2CCCO2)cc1. The zero-order chi connectivity index (χ0) is 32.0. The molecule has 240 valence electrons. The maximum atomic E-state index is 14.2. The molecule has 1 atom stereocenters. The van der Waals surface area contributed by atoms with E-state index in [0.29, 0.717) is 45.2 Å². The molecule has 1 aromatic heterocycles. The Balaban J connectivity index is 1.28. The lowest BCUT2D eigenvalue weighted by molar-refractivity contribution is -0.133. The maximum absolute atomic E-state index is 14.2. The second kappa shape index (κ2) is 14.4. The van der Waals surface area contributed by atoms with Crippen LogP contribution in [-0.4, -0.2) is 54.2 Å². The minimum atomic E-state index is -0.325. The largest absolute Gasteiger partial charge is 0.464 e. The van der Waals surface area contributed by atoms with Crippen LogP contribution >= 0.6 is 11.6 Å². The van der Waals surface area contributed by atoms with Crippen molar-refractivity contribution in [2.45, 2.75) is 58.2 Å². The van der Waals surface area contributed by atoms with E-state index in [4.69, 9.17) is 30.2 Å². The van der Waals surface area contributed by atoms with Gasteiger partial charge in [0.25, 0.3) is 5.91 Å². The van der Waals surface area contributed by atoms with Crippen molar-refractivity contribution >= 4 is 34.4 Å². The summed E-state index contributed by atoms with van der Waals surface area (Å²) in [5.41, 5.74) is 2.89. The molecule has 0 saturated carbocycles. The highest BCUT2D eigenvalue weighted by Crippen LogP contribution is 2.33. The molecule has 3 aromatic carbocycles. The number of unbranched alkanes of at least 4 members (excludes halogenated alkanes) is 1. The summed E-state index contributed by atoms with van der Waals surface area (Å²) in [5.74, 6) is 0.646. The van der Waals surface area contributed by atoms with E-state index >= 15 is 0 Å². The monoisotopic (exact) mass is 644 g/mol. The van der Waals surface area contributed by atoms with E-state index in [0.717, 1.165) is 37.7 Å². The first-order valence-electron chi connectivity index (χ1n) is 15.7. The van der Waals surface area contributed by atoms with Crippen LogP contribution in [0.2, 0.25) is 5.02 Å². The van der Waals surface area contributed by atoms with Crippen molar-refractivity contribution in [2.75, 3.05) is 26.5 Å². The summed E-state index contributed by atoms with van der Waals surface area (Å²) in [5, 5.41) is 0.741. The highest BCUT2D eigenvalue weighted by atomic mass is 35.5. The Morgan fingerprint density at radius 2 is 1.74 bits per heavy atom. The van der Waals surface area contributed by atoms with Crippen LogP contribution in [0.1, 0.15) is 59.7 Å². The van der Waals surface area contributed by atoms with Crippen LogP contribution < -0.4 is 14.9 Å². The van der Waals surface area contributed by atoms with Crippen molar-refractivity contribution in [1.82, 2.24) is 9.80 Å². The van der Waals surface area contributed by atoms with E-state index < -0.39 is 0 Å². The molecular formula is C36H37ClN2O7. The summed E-state index contributed by atoms with van der Waals surface area (Å²) < 4.78 is 22.6. The van der Waals surface area contributed by atoms with E-state index in [1.54, 1.807) is 34.1 Å². The fourth-order valence-electron chi connectivity index (χ4n) is 5.84. The molecule has 2 aliphatic rings. The van der Waals surface area contributed by atoms with Crippen molar-refractivity contribution in [2.24, 2.45) is 0 Å². The third-order valence-electron chi connectivity index (χ3n) is 8.41. The van der Waals surface area contributed by atoms with Gasteiger partial charge in [0, 0.05) is 30.3 Å². The first kappa shape index (κ1) is 31.6. The number of aryl methyl sites for hydroxylation is 1. The second-order valence-electron chi connectivity index (χ2n) is 11.8. The number of rotatable bonds is 12. The van der Waals surface area contributed by atoms with Crippen LogP contribution in [0, 0.1) is 0 Å². The molecule has 46 heavy (non-hydrogen) atoms. The lowest BCUT2D eigenvalue weighted by Gasteiger charge is -2.29. The normalized spacial score (nSPS) is 15.3. The average molecular weight is 645 g/mol. The zero-order valence-electron chi connectivity index (χ0n) is 25.8. The van der Waals surface area contributed by atoms with Gasteiger partial charge >= 0.3 is 0 Å². The minimum absolute atomic E-state index is 0.0356. The molecule has 10 heteroatoms. The number of halogens is 1. The van der Waals surface area contributed by atoms with Gasteiger partial charge in [0.15, 0.2) is 16.9 Å². The predicted octanol–water partition coefficient (Wildman–Crippen LogP) is 6.37. The van der Waals surface area contributed by atoms with Crippen LogP contribution in [0.25, 0.3) is 11.0 Å². The summed E-state index contributed by atoms with van der Waals surface area (Å²) in [6, 6.07) is 17.9. The molecular weight excluding hydrogens is 608 g/mol. The molecule has 4 aromatic rings. The third kappa shape index (κ3) is 7.37. The first-order chi connectivity index (χ1) is 22.4. The molecule has 2 amide bonds. The van der Waals surface area contributed by atoms with Gasteiger partial charge in [-0.3, -0.25) is 14.4 Å².